The lowest BCUT2D eigenvalue weighted by Gasteiger charge is -2.19. The van der Waals surface area contributed by atoms with E-state index < -0.39 is 0 Å². The van der Waals surface area contributed by atoms with E-state index in [1.165, 1.54) is 5.56 Å². The highest BCUT2D eigenvalue weighted by molar-refractivity contribution is 7.10. The Kier molecular flexibility index (Phi) is 5.38. The first-order valence-corrected chi connectivity index (χ1v) is 9.47. The molecule has 1 atom stereocenters. The molecule has 1 unspecified atom stereocenters. The van der Waals surface area contributed by atoms with Crippen molar-refractivity contribution >= 4 is 17.2 Å². The van der Waals surface area contributed by atoms with E-state index in [2.05, 4.69) is 36.3 Å². The van der Waals surface area contributed by atoms with Crippen molar-refractivity contribution in [1.82, 2.24) is 10.3 Å². The number of amides is 1. The molecule has 1 aromatic carbocycles. The van der Waals surface area contributed by atoms with Gasteiger partial charge < -0.3 is 10.3 Å². The summed E-state index contributed by atoms with van der Waals surface area (Å²) in [5.74, 6) is 0.0718. The Morgan fingerprint density at radius 3 is 2.31 bits per heavy atom. The van der Waals surface area contributed by atoms with E-state index in [4.69, 9.17) is 0 Å². The van der Waals surface area contributed by atoms with Crippen LogP contribution in [0.3, 0.4) is 0 Å². The Morgan fingerprint density at radius 1 is 1.04 bits per heavy atom. The zero-order valence-electron chi connectivity index (χ0n) is 15.1. The summed E-state index contributed by atoms with van der Waals surface area (Å²) in [6, 6.07) is 15.2. The molecule has 26 heavy (non-hydrogen) atoms. The number of H-pyrrole nitrogens is 1. The number of carbonyl (C=O) groups excluding carboxylic acids is 1. The standard InChI is InChI=1S/C21H22N2O2S/c1-13(2)15-7-9-16(10-8-15)19(18-5-4-12-26-18)23-21(25)17-11-6-14(3)22-20(17)24/h4-13,19H,1-3H3,(H,22,24)(H,23,25). The summed E-state index contributed by atoms with van der Waals surface area (Å²) in [6.07, 6.45) is 0. The van der Waals surface area contributed by atoms with E-state index in [-0.39, 0.29) is 23.1 Å². The number of hydrogen-bond donors (Lipinski definition) is 2. The molecule has 0 spiro atoms. The first-order valence-electron chi connectivity index (χ1n) is 8.59. The molecule has 134 valence electrons. The van der Waals surface area contributed by atoms with Gasteiger partial charge >= 0.3 is 0 Å². The van der Waals surface area contributed by atoms with Crippen LogP contribution < -0.4 is 10.9 Å². The van der Waals surface area contributed by atoms with E-state index >= 15 is 0 Å². The van der Waals surface area contributed by atoms with Gasteiger partial charge in [0.25, 0.3) is 11.5 Å². The van der Waals surface area contributed by atoms with Gasteiger partial charge in [0.1, 0.15) is 5.56 Å². The van der Waals surface area contributed by atoms with E-state index in [1.807, 2.05) is 29.6 Å². The molecule has 1 amide bonds. The Morgan fingerprint density at radius 2 is 1.73 bits per heavy atom. The maximum atomic E-state index is 12.7. The maximum Gasteiger partial charge on any atom is 0.260 e. The van der Waals surface area contributed by atoms with Crippen molar-refractivity contribution in [2.75, 3.05) is 0 Å². The van der Waals surface area contributed by atoms with Crippen LogP contribution in [-0.2, 0) is 0 Å². The van der Waals surface area contributed by atoms with Gasteiger partial charge in [-0.25, -0.2) is 0 Å². The number of carbonyl (C=O) groups is 1. The summed E-state index contributed by atoms with van der Waals surface area (Å²) in [7, 11) is 0. The number of pyridine rings is 1. The number of benzene rings is 1. The predicted octanol–water partition coefficient (Wildman–Crippen LogP) is 4.39. The second kappa shape index (κ2) is 7.70. The molecule has 2 heterocycles. The number of nitrogens with one attached hydrogen (secondary N) is 2. The van der Waals surface area contributed by atoms with Gasteiger partial charge in [-0.15, -0.1) is 11.3 Å². The molecule has 2 aromatic heterocycles. The summed E-state index contributed by atoms with van der Waals surface area (Å²) in [4.78, 5) is 28.5. The highest BCUT2D eigenvalue weighted by atomic mass is 32.1. The third-order valence-electron chi connectivity index (χ3n) is 4.34. The molecule has 4 nitrogen and oxygen atoms in total. The van der Waals surface area contributed by atoms with E-state index in [0.29, 0.717) is 5.92 Å². The van der Waals surface area contributed by atoms with Gasteiger partial charge in [0.15, 0.2) is 0 Å². The number of rotatable bonds is 5. The fraction of sp³-hybridized carbons (Fsp3) is 0.238. The van der Waals surface area contributed by atoms with Crippen LogP contribution in [0.25, 0.3) is 0 Å². The zero-order valence-corrected chi connectivity index (χ0v) is 15.9. The van der Waals surface area contributed by atoms with E-state index in [1.54, 1.807) is 30.4 Å². The lowest BCUT2D eigenvalue weighted by molar-refractivity contribution is 0.0942. The zero-order chi connectivity index (χ0) is 18.7. The fourth-order valence-corrected chi connectivity index (χ4v) is 3.61. The van der Waals surface area contributed by atoms with Crippen LogP contribution in [0.4, 0.5) is 0 Å². The minimum atomic E-state index is -0.377. The van der Waals surface area contributed by atoms with Crippen molar-refractivity contribution in [1.29, 1.82) is 0 Å². The topological polar surface area (TPSA) is 62.0 Å². The second-order valence-corrected chi connectivity index (χ2v) is 7.61. The third-order valence-corrected chi connectivity index (χ3v) is 5.28. The monoisotopic (exact) mass is 366 g/mol. The minimum absolute atomic E-state index is 0.121. The largest absolute Gasteiger partial charge is 0.340 e. The Bertz CT molecular complexity index is 941. The molecular weight excluding hydrogens is 344 g/mol. The number of aryl methyl sites for hydroxylation is 1. The molecule has 0 aliphatic heterocycles. The lowest BCUT2D eigenvalue weighted by Crippen LogP contribution is -2.33. The van der Waals surface area contributed by atoms with Crippen molar-refractivity contribution in [2.24, 2.45) is 0 Å². The van der Waals surface area contributed by atoms with Crippen LogP contribution in [0.2, 0.25) is 0 Å². The van der Waals surface area contributed by atoms with Crippen molar-refractivity contribution in [3.05, 3.63) is 91.5 Å². The molecule has 0 bridgehead atoms. The molecule has 0 radical (unpaired) electrons. The Labute approximate surface area is 156 Å². The summed E-state index contributed by atoms with van der Waals surface area (Å²) >= 11 is 1.58. The Balaban J connectivity index is 1.92. The van der Waals surface area contributed by atoms with Gasteiger partial charge in [-0.2, -0.15) is 0 Å². The van der Waals surface area contributed by atoms with Crippen LogP contribution in [0.15, 0.2) is 58.7 Å². The quantitative estimate of drug-likeness (QED) is 0.703. The van der Waals surface area contributed by atoms with Gasteiger partial charge in [-0.05, 0) is 47.5 Å². The van der Waals surface area contributed by atoms with Crippen molar-refractivity contribution in [3.63, 3.8) is 0 Å². The second-order valence-electron chi connectivity index (χ2n) is 6.63. The molecule has 0 aliphatic rings. The number of thiophene rings is 1. The average molecular weight is 366 g/mol. The first kappa shape index (κ1) is 18.1. The summed E-state index contributed by atoms with van der Waals surface area (Å²) in [6.45, 7) is 6.09. The summed E-state index contributed by atoms with van der Waals surface area (Å²) < 4.78 is 0. The lowest BCUT2D eigenvalue weighted by atomic mass is 9.98. The van der Waals surface area contributed by atoms with Crippen LogP contribution in [0, 0.1) is 6.92 Å². The van der Waals surface area contributed by atoms with E-state index in [9.17, 15) is 9.59 Å². The highest BCUT2D eigenvalue weighted by Gasteiger charge is 2.20. The first-order chi connectivity index (χ1) is 12.5. The molecule has 0 fully saturated rings. The molecule has 3 aromatic rings. The van der Waals surface area contributed by atoms with Crippen molar-refractivity contribution < 1.29 is 4.79 Å². The average Bonchev–Trinajstić information content (AvgIpc) is 3.14. The van der Waals surface area contributed by atoms with Gasteiger partial charge in [-0.3, -0.25) is 9.59 Å². The number of aromatic nitrogens is 1. The molecule has 5 heteroatoms. The number of aromatic amines is 1. The molecule has 0 aliphatic carbocycles. The molecule has 2 N–H and O–H groups in total. The minimum Gasteiger partial charge on any atom is -0.340 e. The van der Waals surface area contributed by atoms with Crippen LogP contribution >= 0.6 is 11.3 Å². The number of hydrogen-bond acceptors (Lipinski definition) is 3. The summed E-state index contributed by atoms with van der Waals surface area (Å²) in [5, 5.41) is 4.99. The van der Waals surface area contributed by atoms with Crippen LogP contribution in [0.1, 0.15) is 57.9 Å². The Hall–Kier alpha value is -2.66. The molecule has 0 saturated carbocycles. The van der Waals surface area contributed by atoms with Gasteiger partial charge in [0, 0.05) is 10.6 Å². The van der Waals surface area contributed by atoms with Crippen molar-refractivity contribution in [2.45, 2.75) is 32.7 Å². The van der Waals surface area contributed by atoms with Gasteiger partial charge in [0.05, 0.1) is 6.04 Å². The molecule has 0 saturated heterocycles. The predicted molar refractivity (Wildman–Crippen MR) is 106 cm³/mol. The fourth-order valence-electron chi connectivity index (χ4n) is 2.81. The normalized spacial score (nSPS) is 12.2. The van der Waals surface area contributed by atoms with Crippen LogP contribution in [-0.4, -0.2) is 10.9 Å². The molecule has 3 rings (SSSR count). The summed E-state index contributed by atoms with van der Waals surface area (Å²) in [5.41, 5.74) is 2.72. The van der Waals surface area contributed by atoms with Crippen molar-refractivity contribution in [3.8, 4) is 0 Å². The van der Waals surface area contributed by atoms with Crippen LogP contribution in [0.5, 0.6) is 0 Å². The smallest absolute Gasteiger partial charge is 0.260 e. The van der Waals surface area contributed by atoms with Gasteiger partial charge in [0.2, 0.25) is 0 Å². The van der Waals surface area contributed by atoms with Gasteiger partial charge in [-0.1, -0.05) is 44.2 Å². The highest BCUT2D eigenvalue weighted by Crippen LogP contribution is 2.27. The third kappa shape index (κ3) is 3.94. The maximum absolute atomic E-state index is 12.7. The van der Waals surface area contributed by atoms with E-state index in [0.717, 1.165) is 16.1 Å². The molecular formula is C21H22N2O2S. The SMILES string of the molecule is Cc1ccc(C(=O)NC(c2ccc(C(C)C)cc2)c2cccs2)c(=O)[nH]1.